The van der Waals surface area contributed by atoms with Crippen molar-refractivity contribution in [3.8, 4) is 40.0 Å². The van der Waals surface area contributed by atoms with Gasteiger partial charge in [-0.15, -0.1) is 0 Å². The van der Waals surface area contributed by atoms with Crippen LogP contribution >= 0.6 is 23.5 Å². The van der Waals surface area contributed by atoms with Gasteiger partial charge in [-0.05, 0) is 60.9 Å². The number of phenolic OH excluding ortho intramolecular Hbond substituents is 1. The standard InChI is InChI=1S/C41H41N6O19P3/c42-38-36-23(19-47(39(36)46-21-45-38)35-18-30(50)33(64-35)20-62-68(58,59)66-69(60,61)65-67(55,56)57)5-4-14-43-34(51)6-2-1-3-13-44-40(52)22-7-10-26(41(53)54)29(15-22)37-27-11-8-24(48)16-31(27)63-32-17-25(49)9-12-28(32)37/h7-12,15-17,19,21,30,33,35,48,50H,1-3,6,13-14,18,20H2,(H,43,51)(H,44,52)(H,53,54)(H,58,59)(H,60,61)(H2,42,45,46)(H2,55,56,57)/t30-,33+,35+/m0/s1. The Kier molecular flexibility index (Phi) is 15.2. The van der Waals surface area contributed by atoms with Crippen molar-refractivity contribution in [2.24, 2.45) is 0 Å². The number of nitrogens with one attached hydrogen (secondary N) is 2. The van der Waals surface area contributed by atoms with Crippen LogP contribution in [0.3, 0.4) is 0 Å². The number of aliphatic hydroxyl groups excluding tert-OH is 1. The molecule has 0 radical (unpaired) electrons. The Balaban J connectivity index is 0.900. The average molecular weight is 1010 g/mol. The third kappa shape index (κ3) is 12.5. The molecule has 0 bridgehead atoms. The average Bonchev–Trinajstić information content (AvgIpc) is 3.83. The molecule has 1 fully saturated rings. The third-order valence-corrected chi connectivity index (χ3v) is 14.2. The van der Waals surface area contributed by atoms with E-state index in [1.807, 2.05) is 0 Å². The molecular weight excluding hydrogens is 973 g/mol. The van der Waals surface area contributed by atoms with Gasteiger partial charge in [-0.1, -0.05) is 18.3 Å². The Morgan fingerprint density at radius 2 is 1.71 bits per heavy atom. The van der Waals surface area contributed by atoms with Crippen LogP contribution in [-0.2, 0) is 36.4 Å². The van der Waals surface area contributed by atoms with E-state index in [0.717, 1.165) is 0 Å². The number of ether oxygens (including phenoxy) is 1. The highest BCUT2D eigenvalue weighted by Crippen LogP contribution is 2.66. The van der Waals surface area contributed by atoms with Gasteiger partial charge in [0.25, 0.3) is 5.91 Å². The maximum atomic E-state index is 13.3. The number of aromatic hydroxyl groups is 1. The maximum Gasteiger partial charge on any atom is 0.490 e. The van der Waals surface area contributed by atoms with Crippen LogP contribution < -0.4 is 21.8 Å². The Labute approximate surface area is 388 Å². The van der Waals surface area contributed by atoms with Crippen LogP contribution in [0.2, 0.25) is 0 Å². The first-order chi connectivity index (χ1) is 32.6. The minimum absolute atomic E-state index is 0.0430. The number of fused-ring (bicyclic) bond motifs is 3. The summed E-state index contributed by atoms with van der Waals surface area (Å²) in [6.45, 7) is -0.707. The molecule has 7 rings (SSSR count). The lowest BCUT2D eigenvalue weighted by Gasteiger charge is -2.19. The van der Waals surface area contributed by atoms with Gasteiger partial charge >= 0.3 is 29.4 Å². The SMILES string of the molecule is Nc1ncnc2c1c(C#CCNC(=O)CCCCCNC(=O)c1ccc(C(=O)O)c(-c3c4ccc(=O)cc-4oc4cc(O)ccc34)c1)cn2[C@H]1C[C@H](O)[C@@H](COP(=O)(O)OP(=O)(O)OP(=O)(O)O)O1. The molecule has 2 unspecified atom stereocenters. The summed E-state index contributed by atoms with van der Waals surface area (Å²) in [7, 11) is -16.9. The number of phenols is 1. The zero-order valence-electron chi connectivity index (χ0n) is 35.5. The molecule has 2 aliphatic heterocycles. The van der Waals surface area contributed by atoms with E-state index < -0.39 is 60.4 Å². The Bertz CT molecular complexity index is 3220. The molecule has 0 saturated carbocycles. The van der Waals surface area contributed by atoms with E-state index in [2.05, 4.69) is 45.6 Å². The van der Waals surface area contributed by atoms with Crippen molar-refractivity contribution in [3.05, 3.63) is 94.0 Å². The molecule has 0 spiro atoms. The number of hydrogen-bond acceptors (Lipinski definition) is 17. The Morgan fingerprint density at radius 3 is 2.46 bits per heavy atom. The van der Waals surface area contributed by atoms with Crippen molar-refractivity contribution >= 4 is 69.1 Å². The molecule has 2 aromatic carbocycles. The van der Waals surface area contributed by atoms with Gasteiger partial charge in [0.05, 0.1) is 35.8 Å². The van der Waals surface area contributed by atoms with Crippen molar-refractivity contribution in [3.63, 3.8) is 0 Å². The molecule has 11 N–H and O–H groups in total. The number of amides is 2. The van der Waals surface area contributed by atoms with Crippen molar-refractivity contribution < 1.29 is 85.3 Å². The summed E-state index contributed by atoms with van der Waals surface area (Å²) in [5.41, 5.74) is 7.61. The summed E-state index contributed by atoms with van der Waals surface area (Å²) in [6, 6.07) is 12.5. The number of nitrogen functional groups attached to an aromatic ring is 1. The minimum Gasteiger partial charge on any atom is -0.508 e. The summed E-state index contributed by atoms with van der Waals surface area (Å²) in [5, 5.41) is 37.1. The Morgan fingerprint density at radius 1 is 0.928 bits per heavy atom. The predicted octanol–water partition coefficient (Wildman–Crippen LogP) is 3.75. The maximum absolute atomic E-state index is 13.3. The second-order valence-corrected chi connectivity index (χ2v) is 19.7. The van der Waals surface area contributed by atoms with E-state index in [4.69, 9.17) is 24.7 Å². The molecule has 1 aliphatic carbocycles. The number of aromatic nitrogens is 3. The number of rotatable bonds is 18. The number of carboxylic acids is 1. The first-order valence-corrected chi connectivity index (χ1v) is 24.9. The number of aliphatic hydroxyl groups is 1. The molecule has 3 aliphatic rings. The van der Waals surface area contributed by atoms with Crippen LogP contribution in [0.25, 0.3) is 44.5 Å². The highest BCUT2D eigenvalue weighted by molar-refractivity contribution is 7.66. The number of carbonyl (C=O) groups excluding carboxylic acids is 2. The van der Waals surface area contributed by atoms with Gasteiger partial charge in [-0.3, -0.25) is 18.9 Å². The third-order valence-electron chi connectivity index (χ3n) is 10.4. The molecule has 2 aromatic heterocycles. The van der Waals surface area contributed by atoms with Crippen molar-refractivity contribution in [1.82, 2.24) is 25.2 Å². The van der Waals surface area contributed by atoms with Crippen LogP contribution in [0.5, 0.6) is 5.75 Å². The number of benzene rings is 3. The fourth-order valence-electron chi connectivity index (χ4n) is 7.42. The van der Waals surface area contributed by atoms with Gasteiger partial charge in [-0.25, -0.2) is 28.5 Å². The smallest absolute Gasteiger partial charge is 0.490 e. The topological polar surface area (TPSA) is 392 Å². The zero-order chi connectivity index (χ0) is 49.8. The Hall–Kier alpha value is -6.35. The normalized spacial score (nSPS) is 17.8. The van der Waals surface area contributed by atoms with Crippen LogP contribution in [0, 0.1) is 11.8 Å². The quantitative estimate of drug-likeness (QED) is 0.0254. The molecule has 4 aromatic rings. The molecule has 1 saturated heterocycles. The van der Waals surface area contributed by atoms with Gasteiger partial charge < -0.3 is 65.0 Å². The van der Waals surface area contributed by atoms with E-state index in [-0.39, 0.29) is 82.5 Å². The van der Waals surface area contributed by atoms with Crippen LogP contribution in [0.1, 0.15) is 64.6 Å². The molecule has 4 heterocycles. The number of nitrogens with two attached hydrogens (primary N) is 1. The molecule has 5 atom stereocenters. The van der Waals surface area contributed by atoms with Crippen molar-refractivity contribution in [1.29, 1.82) is 0 Å². The number of carboxylic acid groups (broad SMARTS) is 1. The van der Waals surface area contributed by atoms with Gasteiger partial charge in [0, 0.05) is 59.8 Å². The molecule has 364 valence electrons. The summed E-state index contributed by atoms with van der Waals surface area (Å²) in [5.74, 6) is 3.80. The number of phosphoric acid groups is 3. The number of phosphoric ester groups is 1. The van der Waals surface area contributed by atoms with E-state index in [1.54, 1.807) is 6.07 Å². The van der Waals surface area contributed by atoms with Gasteiger partial charge in [-0.2, -0.15) is 8.62 Å². The fourth-order valence-corrected chi connectivity index (χ4v) is 10.4. The number of nitrogens with zero attached hydrogens (tertiary/aromatic N) is 3. The van der Waals surface area contributed by atoms with E-state index >= 15 is 0 Å². The van der Waals surface area contributed by atoms with Gasteiger partial charge in [0.2, 0.25) is 5.91 Å². The second-order valence-electron chi connectivity index (χ2n) is 15.3. The van der Waals surface area contributed by atoms with E-state index in [1.165, 1.54) is 65.6 Å². The summed E-state index contributed by atoms with van der Waals surface area (Å²) < 4.78 is 59.8. The number of carbonyl (C=O) groups is 3. The van der Waals surface area contributed by atoms with E-state index in [9.17, 15) is 58.0 Å². The van der Waals surface area contributed by atoms with Crippen molar-refractivity contribution in [2.75, 3.05) is 25.4 Å². The molecule has 25 nitrogen and oxygen atoms in total. The van der Waals surface area contributed by atoms with Gasteiger partial charge in [0.1, 0.15) is 47.2 Å². The predicted molar refractivity (Wildman–Crippen MR) is 240 cm³/mol. The fraction of sp³-hybridized carbons (Fsp3) is 0.268. The van der Waals surface area contributed by atoms with Crippen LogP contribution in [-0.4, -0.2) is 99.1 Å². The highest BCUT2D eigenvalue weighted by atomic mass is 31.3. The lowest BCUT2D eigenvalue weighted by molar-refractivity contribution is -0.121. The molecule has 69 heavy (non-hydrogen) atoms. The molecule has 28 heteroatoms. The van der Waals surface area contributed by atoms with Crippen molar-refractivity contribution in [2.45, 2.75) is 50.5 Å². The lowest BCUT2D eigenvalue weighted by Crippen LogP contribution is -2.26. The number of anilines is 1. The second kappa shape index (κ2) is 20.7. The molecule has 2 amide bonds. The minimum atomic E-state index is -5.76. The summed E-state index contributed by atoms with van der Waals surface area (Å²) in [6.07, 6.45) is 0.601. The van der Waals surface area contributed by atoms with Crippen LogP contribution in [0.4, 0.5) is 5.82 Å². The summed E-state index contributed by atoms with van der Waals surface area (Å²) >= 11 is 0. The van der Waals surface area contributed by atoms with Crippen LogP contribution in [0.15, 0.2) is 76.3 Å². The first kappa shape index (κ1) is 50.5. The summed E-state index contributed by atoms with van der Waals surface area (Å²) in [4.78, 5) is 95.3. The number of aromatic carboxylic acids is 1. The first-order valence-electron chi connectivity index (χ1n) is 20.4. The molecular formula is C41H41N6O19P3. The largest absolute Gasteiger partial charge is 0.508 e. The van der Waals surface area contributed by atoms with E-state index in [0.29, 0.717) is 46.7 Å². The number of unbranched alkanes of at least 4 members (excludes halogenated alkanes) is 2. The highest BCUT2D eigenvalue weighted by Gasteiger charge is 2.43. The lowest BCUT2D eigenvalue weighted by atomic mass is 9.89. The van der Waals surface area contributed by atoms with Gasteiger partial charge in [0.15, 0.2) is 5.43 Å². The monoisotopic (exact) mass is 1010 g/mol. The number of hydrogen-bond donors (Lipinski definition) is 10. The zero-order valence-corrected chi connectivity index (χ0v) is 38.2.